The van der Waals surface area contributed by atoms with Gasteiger partial charge in [-0.1, -0.05) is 0 Å². The first kappa shape index (κ1) is 13.9. The summed E-state index contributed by atoms with van der Waals surface area (Å²) in [5, 5.41) is 14.1. The van der Waals surface area contributed by atoms with Crippen LogP contribution in [0.5, 0.6) is 0 Å². The second-order valence-corrected chi connectivity index (χ2v) is 4.80. The lowest BCUT2D eigenvalue weighted by Crippen LogP contribution is -2.31. The Balaban J connectivity index is 2.20. The van der Waals surface area contributed by atoms with Gasteiger partial charge in [-0.2, -0.15) is 0 Å². The van der Waals surface area contributed by atoms with Gasteiger partial charge in [0.15, 0.2) is 0 Å². The van der Waals surface area contributed by atoms with E-state index in [1.165, 1.54) is 0 Å². The highest BCUT2D eigenvalue weighted by Gasteiger charge is 2.30. The van der Waals surface area contributed by atoms with E-state index in [0.29, 0.717) is 28.9 Å². The third-order valence-corrected chi connectivity index (χ3v) is 3.09. The molecule has 1 saturated carbocycles. The summed E-state index contributed by atoms with van der Waals surface area (Å²) in [4.78, 5) is 8.68. The second-order valence-electron chi connectivity index (χ2n) is 4.80. The number of hydrogen-bond donors (Lipinski definition) is 3. The summed E-state index contributed by atoms with van der Waals surface area (Å²) in [6.45, 7) is -0.0605. The molecule has 0 saturated heterocycles. The maximum absolute atomic E-state index is 13.1. The molecule has 0 aliphatic heterocycles. The predicted molar refractivity (Wildman–Crippen MR) is 68.8 cm³/mol. The number of rotatable bonds is 6. The first-order valence-corrected chi connectivity index (χ1v) is 6.25. The Labute approximate surface area is 110 Å². The Hall–Kier alpha value is -1.50. The van der Waals surface area contributed by atoms with Gasteiger partial charge in [0.25, 0.3) is 5.92 Å². The van der Waals surface area contributed by atoms with Crippen molar-refractivity contribution in [2.75, 3.05) is 30.8 Å². The van der Waals surface area contributed by atoms with Gasteiger partial charge < -0.3 is 15.7 Å². The SMILES string of the molecule is CNc1nc(C2CC2)nc(NCC(F)(F)CO)c1C. The van der Waals surface area contributed by atoms with E-state index in [2.05, 4.69) is 20.6 Å². The minimum Gasteiger partial charge on any atom is -0.390 e. The lowest BCUT2D eigenvalue weighted by molar-refractivity contribution is -0.0373. The monoisotopic (exact) mass is 272 g/mol. The Morgan fingerprint density at radius 1 is 1.32 bits per heavy atom. The van der Waals surface area contributed by atoms with Crippen LogP contribution < -0.4 is 10.6 Å². The van der Waals surface area contributed by atoms with E-state index in [0.717, 1.165) is 12.8 Å². The highest BCUT2D eigenvalue weighted by atomic mass is 19.3. The molecule has 0 unspecified atom stereocenters. The number of aromatic nitrogens is 2. The van der Waals surface area contributed by atoms with Crippen LogP contribution in [0.15, 0.2) is 0 Å². The van der Waals surface area contributed by atoms with Crippen LogP contribution in [-0.4, -0.2) is 41.2 Å². The second kappa shape index (κ2) is 5.24. The summed E-state index contributed by atoms with van der Waals surface area (Å²) in [6, 6.07) is 0. The fraction of sp³-hybridized carbons (Fsp3) is 0.667. The van der Waals surface area contributed by atoms with Crippen molar-refractivity contribution >= 4 is 11.6 Å². The van der Waals surface area contributed by atoms with Crippen LogP contribution in [0.1, 0.15) is 30.1 Å². The van der Waals surface area contributed by atoms with E-state index in [9.17, 15) is 8.78 Å². The quantitative estimate of drug-likeness (QED) is 0.736. The first-order chi connectivity index (χ1) is 8.96. The van der Waals surface area contributed by atoms with Crippen LogP contribution in [-0.2, 0) is 0 Å². The lowest BCUT2D eigenvalue weighted by Gasteiger charge is -2.17. The number of nitrogens with zero attached hydrogens (tertiary/aromatic N) is 2. The molecule has 1 aromatic heterocycles. The molecule has 1 aromatic rings. The molecule has 7 heteroatoms. The molecule has 106 valence electrons. The maximum atomic E-state index is 13.1. The Morgan fingerprint density at radius 3 is 2.47 bits per heavy atom. The van der Waals surface area contributed by atoms with Crippen LogP contribution in [0.2, 0.25) is 0 Å². The van der Waals surface area contributed by atoms with Gasteiger partial charge in [0.05, 0.1) is 6.54 Å². The smallest absolute Gasteiger partial charge is 0.287 e. The number of aliphatic hydroxyl groups is 1. The van der Waals surface area contributed by atoms with Gasteiger partial charge in [-0.05, 0) is 19.8 Å². The van der Waals surface area contributed by atoms with Gasteiger partial charge in [0.2, 0.25) is 0 Å². The molecule has 3 N–H and O–H groups in total. The molecule has 0 bridgehead atoms. The molecule has 0 radical (unpaired) electrons. The van der Waals surface area contributed by atoms with Gasteiger partial charge in [0.1, 0.15) is 24.1 Å². The fourth-order valence-electron chi connectivity index (χ4n) is 1.74. The number of hydrogen-bond acceptors (Lipinski definition) is 5. The molecule has 5 nitrogen and oxygen atoms in total. The fourth-order valence-corrected chi connectivity index (χ4v) is 1.74. The normalized spacial score (nSPS) is 15.4. The minimum absolute atomic E-state index is 0.339. The third kappa shape index (κ3) is 3.28. The number of halogens is 2. The van der Waals surface area contributed by atoms with Crippen molar-refractivity contribution in [2.24, 2.45) is 0 Å². The molecule has 0 spiro atoms. The van der Waals surface area contributed by atoms with Crippen LogP contribution in [0.4, 0.5) is 20.4 Å². The van der Waals surface area contributed by atoms with Crippen LogP contribution in [0.3, 0.4) is 0 Å². The van der Waals surface area contributed by atoms with Crippen molar-refractivity contribution in [3.05, 3.63) is 11.4 Å². The Bertz CT molecular complexity index is 463. The first-order valence-electron chi connectivity index (χ1n) is 6.25. The van der Waals surface area contributed by atoms with Crippen molar-refractivity contribution in [3.63, 3.8) is 0 Å². The van der Waals surface area contributed by atoms with Crippen LogP contribution in [0.25, 0.3) is 0 Å². The van der Waals surface area contributed by atoms with Crippen LogP contribution >= 0.6 is 0 Å². The van der Waals surface area contributed by atoms with Crippen molar-refractivity contribution < 1.29 is 13.9 Å². The summed E-state index contributed by atoms with van der Waals surface area (Å²) in [5.41, 5.74) is 0.695. The van der Waals surface area contributed by atoms with E-state index in [1.807, 2.05) is 0 Å². The largest absolute Gasteiger partial charge is 0.390 e. The molecule has 1 aliphatic rings. The number of anilines is 2. The van der Waals surface area contributed by atoms with Crippen LogP contribution in [0, 0.1) is 6.92 Å². The standard InChI is InChI=1S/C12H18F2N4O/c1-7-9(15-2)17-11(8-3-4-8)18-10(7)16-5-12(13,14)6-19/h8,19H,3-6H2,1-2H3,(H2,15,16,17,18). The molecule has 1 aliphatic carbocycles. The summed E-state index contributed by atoms with van der Waals surface area (Å²) >= 11 is 0. The third-order valence-electron chi connectivity index (χ3n) is 3.09. The zero-order valence-corrected chi connectivity index (χ0v) is 11.0. The van der Waals surface area contributed by atoms with Crippen molar-refractivity contribution in [3.8, 4) is 0 Å². The van der Waals surface area contributed by atoms with Gasteiger partial charge in [-0.15, -0.1) is 0 Å². The van der Waals surface area contributed by atoms with Crippen molar-refractivity contribution in [1.29, 1.82) is 0 Å². The highest BCUT2D eigenvalue weighted by molar-refractivity contribution is 5.57. The van der Waals surface area contributed by atoms with E-state index < -0.39 is 19.1 Å². The number of nitrogens with one attached hydrogen (secondary N) is 2. The zero-order valence-electron chi connectivity index (χ0n) is 11.0. The summed E-state index contributed by atoms with van der Waals surface area (Å²) in [7, 11) is 1.73. The molecule has 1 fully saturated rings. The molecule has 1 heterocycles. The Morgan fingerprint density at radius 2 is 1.95 bits per heavy atom. The molecule has 2 rings (SSSR count). The lowest BCUT2D eigenvalue weighted by atomic mass is 10.2. The van der Waals surface area contributed by atoms with Crippen molar-refractivity contribution in [2.45, 2.75) is 31.6 Å². The Kier molecular flexibility index (Phi) is 3.84. The van der Waals surface area contributed by atoms with Gasteiger partial charge >= 0.3 is 0 Å². The minimum atomic E-state index is -3.16. The number of alkyl halides is 2. The maximum Gasteiger partial charge on any atom is 0.287 e. The molecule has 19 heavy (non-hydrogen) atoms. The zero-order chi connectivity index (χ0) is 14.0. The molecule has 0 aromatic carbocycles. The van der Waals surface area contributed by atoms with E-state index in [1.54, 1.807) is 14.0 Å². The van der Waals surface area contributed by atoms with Gasteiger partial charge in [0, 0.05) is 18.5 Å². The highest BCUT2D eigenvalue weighted by Crippen LogP contribution is 2.39. The number of aliphatic hydroxyl groups excluding tert-OH is 1. The average Bonchev–Trinajstić information content (AvgIpc) is 3.22. The molecule has 0 atom stereocenters. The van der Waals surface area contributed by atoms with E-state index >= 15 is 0 Å². The summed E-state index contributed by atoms with van der Waals surface area (Å²) < 4.78 is 26.1. The molecule has 0 amide bonds. The average molecular weight is 272 g/mol. The van der Waals surface area contributed by atoms with Gasteiger partial charge in [-0.3, -0.25) is 0 Å². The van der Waals surface area contributed by atoms with Gasteiger partial charge in [-0.25, -0.2) is 18.7 Å². The molecular formula is C12H18F2N4O. The van der Waals surface area contributed by atoms with E-state index in [-0.39, 0.29) is 0 Å². The van der Waals surface area contributed by atoms with E-state index in [4.69, 9.17) is 5.11 Å². The molecular weight excluding hydrogens is 254 g/mol. The topological polar surface area (TPSA) is 70.1 Å². The summed E-state index contributed by atoms with van der Waals surface area (Å²) in [5.74, 6) is -1.09. The summed E-state index contributed by atoms with van der Waals surface area (Å²) in [6.07, 6.45) is 2.08. The predicted octanol–water partition coefficient (Wildman–Crippen LogP) is 1.74. The van der Waals surface area contributed by atoms with Crippen molar-refractivity contribution in [1.82, 2.24) is 9.97 Å².